The van der Waals surface area contributed by atoms with Gasteiger partial charge in [-0.05, 0) is 79.1 Å². The zero-order chi connectivity index (χ0) is 34.4. The first-order chi connectivity index (χ1) is 25.6. The van der Waals surface area contributed by atoms with Gasteiger partial charge in [-0.15, -0.1) is 0 Å². The first-order valence-corrected chi connectivity index (χ1v) is 17.5. The molecule has 0 N–H and O–H groups in total. The monoisotopic (exact) mass is 671 g/mol. The molecule has 1 atom stereocenters. The maximum Gasteiger partial charge on any atom is 0.163 e. The van der Waals surface area contributed by atoms with Gasteiger partial charge in [0.05, 0.1) is 5.41 Å². The van der Waals surface area contributed by atoms with Crippen molar-refractivity contribution in [1.29, 1.82) is 0 Å². The van der Waals surface area contributed by atoms with Gasteiger partial charge in [0.2, 0.25) is 0 Å². The van der Waals surface area contributed by atoms with Crippen molar-refractivity contribution in [2.24, 2.45) is 0 Å². The fraction of sp³-hybridized carbons (Fsp3) is 0.0652. The highest BCUT2D eigenvalue weighted by atomic mass is 16.3. The molecular weight excluding hydrogens is 643 g/mol. The molecule has 0 radical (unpaired) electrons. The number of hydrogen-bond acceptors (Lipinski definition) is 6. The fourth-order valence-corrected chi connectivity index (χ4v) is 8.03. The molecular formula is C46H29N3O3. The smallest absolute Gasteiger partial charge is 0.163 e. The zero-order valence-electron chi connectivity index (χ0n) is 28.1. The molecule has 4 aromatic heterocycles. The summed E-state index contributed by atoms with van der Waals surface area (Å²) >= 11 is 0. The minimum atomic E-state index is -0.615. The number of rotatable bonds is 4. The van der Waals surface area contributed by atoms with Crippen LogP contribution in [0.1, 0.15) is 30.5 Å². The summed E-state index contributed by atoms with van der Waals surface area (Å²) < 4.78 is 19.0. The first-order valence-electron chi connectivity index (χ1n) is 17.5. The van der Waals surface area contributed by atoms with Crippen LogP contribution in [0, 0.1) is 0 Å². The number of nitrogens with zero attached hydrogens (tertiary/aromatic N) is 3. The van der Waals surface area contributed by atoms with Crippen molar-refractivity contribution in [2.45, 2.75) is 18.8 Å². The lowest BCUT2D eigenvalue weighted by Crippen LogP contribution is -2.29. The summed E-state index contributed by atoms with van der Waals surface area (Å²) in [7, 11) is 0. The maximum absolute atomic E-state index is 6.56. The van der Waals surface area contributed by atoms with E-state index < -0.39 is 5.41 Å². The molecule has 1 unspecified atom stereocenters. The fourth-order valence-electron chi connectivity index (χ4n) is 8.03. The largest absolute Gasteiger partial charge is 0.456 e. The van der Waals surface area contributed by atoms with Gasteiger partial charge in [0.15, 0.2) is 11.6 Å². The molecule has 0 saturated carbocycles. The third-order valence-corrected chi connectivity index (χ3v) is 10.6. The Bertz CT molecular complexity index is 3080. The molecule has 0 amide bonds. The molecule has 0 bridgehead atoms. The van der Waals surface area contributed by atoms with Crippen molar-refractivity contribution in [2.75, 3.05) is 0 Å². The first kappa shape index (κ1) is 29.0. The van der Waals surface area contributed by atoms with E-state index in [0.29, 0.717) is 23.9 Å². The van der Waals surface area contributed by atoms with Gasteiger partial charge >= 0.3 is 0 Å². The minimum absolute atomic E-state index is 0.611. The number of para-hydroxylation sites is 2. The third kappa shape index (κ3) is 4.27. The molecule has 6 aromatic carbocycles. The van der Waals surface area contributed by atoms with Gasteiger partial charge in [-0.1, -0.05) is 91.0 Å². The molecule has 10 aromatic rings. The number of allylic oxidation sites excluding steroid dienone is 1. The Kier molecular flexibility index (Phi) is 6.05. The van der Waals surface area contributed by atoms with Crippen molar-refractivity contribution in [3.63, 3.8) is 0 Å². The second kappa shape index (κ2) is 10.9. The molecule has 4 heterocycles. The molecule has 6 heteroatoms. The quantitative estimate of drug-likeness (QED) is 0.185. The molecule has 1 aliphatic rings. The van der Waals surface area contributed by atoms with Crippen LogP contribution < -0.4 is 0 Å². The van der Waals surface area contributed by atoms with E-state index >= 15 is 0 Å². The second-order valence-corrected chi connectivity index (χ2v) is 13.7. The minimum Gasteiger partial charge on any atom is -0.456 e. The molecule has 0 aliphatic heterocycles. The van der Waals surface area contributed by atoms with Crippen LogP contribution in [0.15, 0.2) is 153 Å². The van der Waals surface area contributed by atoms with Crippen molar-refractivity contribution in [1.82, 2.24) is 15.0 Å². The Labute approximate surface area is 297 Å². The van der Waals surface area contributed by atoms with Crippen LogP contribution in [0.5, 0.6) is 0 Å². The van der Waals surface area contributed by atoms with E-state index in [1.807, 2.05) is 78.9 Å². The SMILES string of the molecule is CC1(c2nc(-c3ccccc3)nc(-c3ccc4oc5ccccc5c4c3)n2)CC=Cc2oc3ccc(-c4cccc5oc6ccccc6c45)cc3c21. The Balaban J connectivity index is 1.12. The number of aromatic nitrogens is 3. The number of benzene rings is 6. The predicted molar refractivity (Wildman–Crippen MR) is 207 cm³/mol. The van der Waals surface area contributed by atoms with Crippen LogP contribution in [0.4, 0.5) is 0 Å². The van der Waals surface area contributed by atoms with Gasteiger partial charge in [-0.3, -0.25) is 0 Å². The summed E-state index contributed by atoms with van der Waals surface area (Å²) in [6.07, 6.45) is 4.95. The van der Waals surface area contributed by atoms with Crippen LogP contribution in [0.25, 0.3) is 94.8 Å². The van der Waals surface area contributed by atoms with Gasteiger partial charge < -0.3 is 13.3 Å². The van der Waals surface area contributed by atoms with E-state index in [1.54, 1.807) is 0 Å². The highest BCUT2D eigenvalue weighted by Crippen LogP contribution is 2.47. The molecule has 6 nitrogen and oxygen atoms in total. The molecule has 11 rings (SSSR count). The summed E-state index contributed by atoms with van der Waals surface area (Å²) in [4.78, 5) is 15.6. The van der Waals surface area contributed by atoms with E-state index in [9.17, 15) is 0 Å². The Morgan fingerprint density at radius 2 is 1.13 bits per heavy atom. The highest BCUT2D eigenvalue weighted by molar-refractivity contribution is 6.13. The Morgan fingerprint density at radius 1 is 0.500 bits per heavy atom. The normalized spacial score (nSPS) is 15.7. The van der Waals surface area contributed by atoms with Crippen molar-refractivity contribution < 1.29 is 13.3 Å². The topological polar surface area (TPSA) is 78.1 Å². The van der Waals surface area contributed by atoms with Crippen LogP contribution in [0.3, 0.4) is 0 Å². The third-order valence-electron chi connectivity index (χ3n) is 10.6. The summed E-state index contributed by atoms with van der Waals surface area (Å²) in [5.41, 5.74) is 8.75. The molecule has 246 valence electrons. The summed E-state index contributed by atoms with van der Waals surface area (Å²) in [5, 5.41) is 5.33. The summed E-state index contributed by atoms with van der Waals surface area (Å²) in [6.45, 7) is 2.22. The lowest BCUT2D eigenvalue weighted by Gasteiger charge is -2.30. The lowest BCUT2D eigenvalue weighted by atomic mass is 9.74. The average molecular weight is 672 g/mol. The van der Waals surface area contributed by atoms with E-state index in [-0.39, 0.29) is 0 Å². The molecule has 52 heavy (non-hydrogen) atoms. The summed E-state index contributed by atoms with van der Waals surface area (Å²) in [6, 6.07) is 45.4. The van der Waals surface area contributed by atoms with Crippen molar-refractivity contribution in [3.8, 4) is 33.9 Å². The predicted octanol–water partition coefficient (Wildman–Crippen LogP) is 12.1. The molecule has 0 spiro atoms. The standard InChI is InChI=1S/C46H29N3O3/c1-46(45-48-43(27-11-3-2-4-12-27)47-44(49-45)29-21-23-37-33(26-29)31-13-5-7-16-35(31)50-37)24-10-19-40-42(46)34-25-28(20-22-38(34)52-40)30-15-9-18-39-41(30)32-14-6-8-17-36(32)51-39/h2-23,25-26H,24H2,1H3. The van der Waals surface area contributed by atoms with E-state index in [0.717, 1.165) is 88.4 Å². The number of hydrogen-bond donors (Lipinski definition) is 0. The van der Waals surface area contributed by atoms with Crippen LogP contribution in [0.2, 0.25) is 0 Å². The van der Waals surface area contributed by atoms with Gasteiger partial charge in [0.25, 0.3) is 0 Å². The van der Waals surface area contributed by atoms with Crippen molar-refractivity contribution >= 4 is 60.9 Å². The Morgan fingerprint density at radius 3 is 1.98 bits per heavy atom. The number of furan rings is 3. The lowest BCUT2D eigenvalue weighted by molar-refractivity contribution is 0.509. The molecule has 1 aliphatic carbocycles. The van der Waals surface area contributed by atoms with Gasteiger partial charge in [0.1, 0.15) is 39.5 Å². The Hall–Kier alpha value is -6.79. The highest BCUT2D eigenvalue weighted by Gasteiger charge is 2.39. The van der Waals surface area contributed by atoms with Crippen molar-refractivity contribution in [3.05, 3.63) is 157 Å². The van der Waals surface area contributed by atoms with Crippen LogP contribution in [-0.2, 0) is 5.41 Å². The van der Waals surface area contributed by atoms with E-state index in [2.05, 4.69) is 73.7 Å². The summed E-state index contributed by atoms with van der Waals surface area (Å²) in [5.74, 6) is 2.75. The van der Waals surface area contributed by atoms with Gasteiger partial charge in [0, 0.05) is 43.6 Å². The maximum atomic E-state index is 6.56. The molecule has 0 fully saturated rings. The van der Waals surface area contributed by atoms with E-state index in [1.165, 1.54) is 0 Å². The second-order valence-electron chi connectivity index (χ2n) is 13.7. The number of fused-ring (bicyclic) bond motifs is 9. The van der Waals surface area contributed by atoms with Gasteiger partial charge in [-0.25, -0.2) is 15.0 Å². The van der Waals surface area contributed by atoms with Crippen LogP contribution >= 0.6 is 0 Å². The van der Waals surface area contributed by atoms with Crippen LogP contribution in [-0.4, -0.2) is 15.0 Å². The van der Waals surface area contributed by atoms with E-state index in [4.69, 9.17) is 28.2 Å². The zero-order valence-corrected chi connectivity index (χ0v) is 28.1. The molecule has 0 saturated heterocycles. The van der Waals surface area contributed by atoms with Gasteiger partial charge in [-0.2, -0.15) is 0 Å². The average Bonchev–Trinajstić information content (AvgIpc) is 3.89.